The van der Waals surface area contributed by atoms with Gasteiger partial charge in [0.25, 0.3) is 11.8 Å². The largest absolute Gasteiger partial charge is 0.493 e. The summed E-state index contributed by atoms with van der Waals surface area (Å²) in [5.41, 5.74) is 3.82. The molecule has 4 saturated heterocycles. The van der Waals surface area contributed by atoms with E-state index in [9.17, 15) is 40.2 Å². The molecule has 2 spiro atoms. The number of hydrogen-bond acceptors (Lipinski definition) is 20. The maximum absolute atomic E-state index is 13.5. The number of rotatable bonds is 15. The fourth-order valence-corrected chi connectivity index (χ4v) is 16.2. The average Bonchev–Trinajstić information content (AvgIpc) is 3.96. The molecule has 8 N–H and O–H groups in total. The zero-order valence-electron chi connectivity index (χ0n) is 41.6. The maximum atomic E-state index is 13.5. The Morgan fingerprint density at radius 1 is 0.622 bits per heavy atom. The van der Waals surface area contributed by atoms with E-state index in [2.05, 4.69) is 58.8 Å². The number of nitrogens with zero attached hydrogens (tertiary/aromatic N) is 2. The van der Waals surface area contributed by atoms with Crippen LogP contribution < -0.4 is 29.6 Å². The second kappa shape index (κ2) is 19.6. The summed E-state index contributed by atoms with van der Waals surface area (Å²) in [6.07, 6.45) is -7.28. The molecule has 4 unspecified atom stereocenters. The lowest BCUT2D eigenvalue weighted by atomic mass is 9.53. The summed E-state index contributed by atoms with van der Waals surface area (Å²) in [4.78, 5) is 31.7. The summed E-state index contributed by atoms with van der Waals surface area (Å²) in [6, 6.07) is 8.58. The molecule has 6 aliphatic heterocycles. The molecule has 22 heteroatoms. The van der Waals surface area contributed by atoms with Crippen LogP contribution in [0, 0.1) is 11.8 Å². The summed E-state index contributed by atoms with van der Waals surface area (Å²) in [6.45, 7) is 2.02. The molecule has 2 aromatic carbocycles. The molecule has 4 aliphatic carbocycles. The van der Waals surface area contributed by atoms with Crippen molar-refractivity contribution < 1.29 is 78.1 Å². The molecule has 74 heavy (non-hydrogen) atoms. The second-order valence-corrected chi connectivity index (χ2v) is 24.2. The molecule has 4 bridgehead atoms. The molecule has 20 nitrogen and oxygen atoms in total. The van der Waals surface area contributed by atoms with Gasteiger partial charge in [0.15, 0.2) is 47.8 Å². The van der Waals surface area contributed by atoms with E-state index in [1.807, 2.05) is 24.3 Å². The van der Waals surface area contributed by atoms with Crippen molar-refractivity contribution in [2.45, 2.75) is 134 Å². The SMILES string of the molecule is COc1ccc2c3c1O[C@H]1[C@@H](O[C@@H]4O[C@H](C(=O)NCCSSCCNC(=O)[C@H]5O[C@@H](O[C@H]6C=CC7[C@H]8Cc9ccc(OC)c%10c9C7(CCN8C)[C@H]6O%10)[C@H](O)[C@@H](O)[C@@H]5O)[C@@H](O)[C@H](O)[C@H]4O)C=CC4[C@@H](C2)N(C)CCC341. The topological polar surface area (TPSA) is 260 Å². The zero-order chi connectivity index (χ0) is 51.5. The molecule has 4 fully saturated rings. The molecular formula is C52H66N4O16S2. The van der Waals surface area contributed by atoms with Gasteiger partial charge in [-0.2, -0.15) is 0 Å². The van der Waals surface area contributed by atoms with Crippen molar-refractivity contribution >= 4 is 33.4 Å². The number of hydrogen-bond donors (Lipinski definition) is 8. The highest BCUT2D eigenvalue weighted by Gasteiger charge is 2.67. The molecule has 2 aromatic rings. The number of aliphatic hydroxyl groups is 6. The summed E-state index contributed by atoms with van der Waals surface area (Å²) in [7, 11) is 10.3. The van der Waals surface area contributed by atoms with Crippen molar-refractivity contribution in [2.75, 3.05) is 66.0 Å². The third-order valence-corrected chi connectivity index (χ3v) is 20.4. The van der Waals surface area contributed by atoms with Crippen molar-refractivity contribution in [2.24, 2.45) is 11.8 Å². The third kappa shape index (κ3) is 7.78. The Hall–Kier alpha value is -3.72. The standard InChI is InChI=1S/C52H66N4O16S2/c1-55-17-13-51-25-7-11-31(45(51)69-41-29(65-3)9-5-23(33(41)51)21-27(25)55)67-49-39(61)35(57)37(59)43(71-49)47(63)53-15-19-73-74-20-16-54-48(64)44-38(60)36(58)40(62)50(72-44)68-32-12-8-26-28-22-24-6-10-30(66-4)42-34(24)52(26,46(32)70-42)14-18-56(28)2/h5-12,25-28,31-32,35-40,43-46,49-50,57-62H,13-22H2,1-4H3,(H,53,63)(H,54,64)/t25?,26?,27-,28-,31+,32+,35+,36+,37+,38+,39-,40-,43+,44+,45+,46+,49-,50-,51?,52?/m1/s1. The van der Waals surface area contributed by atoms with Gasteiger partial charge in [-0.1, -0.05) is 58.0 Å². The van der Waals surface area contributed by atoms with Gasteiger partial charge in [0, 0.05) is 70.5 Å². The number of methoxy groups -OCH3 is 2. The van der Waals surface area contributed by atoms with Gasteiger partial charge in [0.2, 0.25) is 0 Å². The first kappa shape index (κ1) is 51.1. The van der Waals surface area contributed by atoms with E-state index in [1.165, 1.54) is 32.7 Å². The minimum absolute atomic E-state index is 0.139. The van der Waals surface area contributed by atoms with Crippen LogP contribution in [0.1, 0.15) is 35.1 Å². The number of likely N-dealkylation sites (tertiary alicyclic amines) is 2. The van der Waals surface area contributed by atoms with Crippen molar-refractivity contribution in [1.82, 2.24) is 20.4 Å². The van der Waals surface area contributed by atoms with Crippen molar-refractivity contribution in [3.63, 3.8) is 0 Å². The quantitative estimate of drug-likeness (QED) is 0.0623. The van der Waals surface area contributed by atoms with Crippen LogP contribution in [-0.4, -0.2) is 216 Å². The summed E-state index contributed by atoms with van der Waals surface area (Å²) >= 11 is 0. The van der Waals surface area contributed by atoms with Gasteiger partial charge in [0.05, 0.1) is 14.2 Å². The van der Waals surface area contributed by atoms with Gasteiger partial charge in [-0.25, -0.2) is 0 Å². The number of carbonyl (C=O) groups is 2. The molecule has 12 rings (SSSR count). The monoisotopic (exact) mass is 1070 g/mol. The third-order valence-electron chi connectivity index (χ3n) is 18.0. The predicted molar refractivity (Wildman–Crippen MR) is 267 cm³/mol. The van der Waals surface area contributed by atoms with Gasteiger partial charge in [-0.05, 0) is 76.1 Å². The van der Waals surface area contributed by atoms with Crippen molar-refractivity contribution in [3.05, 3.63) is 70.8 Å². The molecule has 20 atom stereocenters. The van der Waals surface area contributed by atoms with E-state index in [1.54, 1.807) is 14.2 Å². The molecule has 6 heterocycles. The highest BCUT2D eigenvalue weighted by Crippen LogP contribution is 2.64. The average molecular weight is 1070 g/mol. The smallest absolute Gasteiger partial charge is 0.252 e. The minimum Gasteiger partial charge on any atom is -0.493 e. The Morgan fingerprint density at radius 3 is 1.45 bits per heavy atom. The molecule has 10 aliphatic rings. The highest BCUT2D eigenvalue weighted by molar-refractivity contribution is 8.76. The van der Waals surface area contributed by atoms with Crippen LogP contribution in [0.15, 0.2) is 48.6 Å². The fraction of sp³-hybridized carbons (Fsp3) is 0.654. The van der Waals surface area contributed by atoms with E-state index in [-0.39, 0.29) is 37.0 Å². The first-order chi connectivity index (χ1) is 35.7. The number of amides is 2. The number of ether oxygens (including phenoxy) is 8. The van der Waals surface area contributed by atoms with Gasteiger partial charge in [-0.3, -0.25) is 9.59 Å². The van der Waals surface area contributed by atoms with Crippen LogP contribution in [-0.2, 0) is 52.2 Å². The highest BCUT2D eigenvalue weighted by atomic mass is 33.1. The van der Waals surface area contributed by atoms with Crippen LogP contribution in [0.25, 0.3) is 0 Å². The minimum atomic E-state index is -1.74. The van der Waals surface area contributed by atoms with Crippen LogP contribution >= 0.6 is 21.6 Å². The number of benzene rings is 2. The van der Waals surface area contributed by atoms with E-state index in [0.717, 1.165) is 49.9 Å². The van der Waals surface area contributed by atoms with Gasteiger partial charge in [0.1, 0.15) is 61.0 Å². The lowest BCUT2D eigenvalue weighted by Crippen LogP contribution is -2.66. The molecule has 0 radical (unpaired) electrons. The van der Waals surface area contributed by atoms with E-state index in [0.29, 0.717) is 34.5 Å². The Bertz CT molecular complexity index is 2410. The lowest BCUT2D eigenvalue weighted by Gasteiger charge is -2.57. The zero-order valence-corrected chi connectivity index (χ0v) is 43.2. The molecule has 402 valence electrons. The van der Waals surface area contributed by atoms with Gasteiger partial charge in [-0.15, -0.1) is 0 Å². The van der Waals surface area contributed by atoms with E-state index >= 15 is 0 Å². The predicted octanol–water partition coefficient (Wildman–Crippen LogP) is -0.707. The normalized spacial score (nSPS) is 41.9. The molecule has 0 aromatic heterocycles. The maximum Gasteiger partial charge on any atom is 0.252 e. The van der Waals surface area contributed by atoms with Gasteiger partial charge < -0.3 is 89.0 Å². The first-order valence-corrected chi connectivity index (χ1v) is 28.2. The Balaban J connectivity index is 0.616. The molecule has 0 saturated carbocycles. The van der Waals surface area contributed by atoms with Crippen molar-refractivity contribution in [3.8, 4) is 23.0 Å². The first-order valence-electron chi connectivity index (χ1n) is 25.7. The molecule has 2 amide bonds. The van der Waals surface area contributed by atoms with Gasteiger partial charge >= 0.3 is 0 Å². The lowest BCUT2D eigenvalue weighted by molar-refractivity contribution is -0.304. The number of carbonyl (C=O) groups excluding carboxylic acids is 2. The van der Waals surface area contributed by atoms with Crippen LogP contribution in [0.4, 0.5) is 0 Å². The summed E-state index contributed by atoms with van der Waals surface area (Å²) in [5, 5.41) is 71.5. The van der Waals surface area contributed by atoms with Crippen LogP contribution in [0.2, 0.25) is 0 Å². The van der Waals surface area contributed by atoms with E-state index in [4.69, 9.17) is 37.9 Å². The van der Waals surface area contributed by atoms with E-state index < -0.39 is 108 Å². The summed E-state index contributed by atoms with van der Waals surface area (Å²) < 4.78 is 49.8. The number of likely N-dealkylation sites (N-methyl/N-ethyl adjacent to an activating group) is 2. The summed E-state index contributed by atoms with van der Waals surface area (Å²) in [5.74, 6) is 2.37. The van der Waals surface area contributed by atoms with Crippen LogP contribution in [0.3, 0.4) is 0 Å². The second-order valence-electron chi connectivity index (χ2n) is 21.5. The molecular weight excluding hydrogens is 1000 g/mol. The number of nitrogens with one attached hydrogen (secondary N) is 2. The Kier molecular flexibility index (Phi) is 13.5. The fourth-order valence-electron chi connectivity index (χ4n) is 14.4. The number of aliphatic hydroxyl groups excluding tert-OH is 6. The number of piperidine rings is 2. The van der Waals surface area contributed by atoms with Crippen molar-refractivity contribution in [1.29, 1.82) is 0 Å². The van der Waals surface area contributed by atoms with Crippen LogP contribution in [0.5, 0.6) is 23.0 Å². The Labute approximate surface area is 436 Å². The Morgan fingerprint density at radius 2 is 1.04 bits per heavy atom.